The number of rotatable bonds is 3. The molecule has 1 heterocycles. The van der Waals surface area contributed by atoms with Gasteiger partial charge in [0.25, 0.3) is 11.6 Å². The van der Waals surface area contributed by atoms with Crippen molar-refractivity contribution in [1.29, 1.82) is 0 Å². The molecular formula is C12H9FN4O3. The van der Waals surface area contributed by atoms with Crippen LogP contribution in [0.2, 0.25) is 0 Å². The van der Waals surface area contributed by atoms with Crippen LogP contribution in [-0.4, -0.2) is 15.8 Å². The summed E-state index contributed by atoms with van der Waals surface area (Å²) in [6.07, 6.45) is 1.32. The maximum Gasteiger partial charge on any atom is 0.272 e. The first-order chi connectivity index (χ1) is 9.47. The number of carbonyl (C=O) groups is 1. The van der Waals surface area contributed by atoms with Crippen LogP contribution in [-0.2, 0) is 0 Å². The van der Waals surface area contributed by atoms with Crippen molar-refractivity contribution in [2.45, 2.75) is 0 Å². The molecular weight excluding hydrogens is 267 g/mol. The normalized spacial score (nSPS) is 10.1. The predicted molar refractivity (Wildman–Crippen MR) is 69.7 cm³/mol. The van der Waals surface area contributed by atoms with Gasteiger partial charge in [0, 0.05) is 6.07 Å². The van der Waals surface area contributed by atoms with Gasteiger partial charge in [-0.1, -0.05) is 0 Å². The highest BCUT2D eigenvalue weighted by Gasteiger charge is 2.16. The number of nitrogen functional groups attached to an aromatic ring is 1. The van der Waals surface area contributed by atoms with Gasteiger partial charge in [0.05, 0.1) is 28.4 Å². The first-order valence-electron chi connectivity index (χ1n) is 5.44. The van der Waals surface area contributed by atoms with E-state index < -0.39 is 22.3 Å². The highest BCUT2D eigenvalue weighted by molar-refractivity contribution is 6.04. The van der Waals surface area contributed by atoms with Crippen LogP contribution in [0.1, 0.15) is 10.4 Å². The largest absolute Gasteiger partial charge is 0.384 e. The highest BCUT2D eigenvalue weighted by Crippen LogP contribution is 2.18. The van der Waals surface area contributed by atoms with Crippen molar-refractivity contribution < 1.29 is 14.1 Å². The highest BCUT2D eigenvalue weighted by atomic mass is 19.1. The molecule has 0 unspecified atom stereocenters. The molecule has 1 aromatic heterocycles. The molecule has 8 heteroatoms. The number of aromatic nitrogens is 1. The van der Waals surface area contributed by atoms with Gasteiger partial charge in [0.2, 0.25) is 0 Å². The number of nitro benzene ring substituents is 1. The molecule has 0 saturated carbocycles. The van der Waals surface area contributed by atoms with E-state index in [4.69, 9.17) is 5.73 Å². The van der Waals surface area contributed by atoms with E-state index in [1.807, 2.05) is 0 Å². The summed E-state index contributed by atoms with van der Waals surface area (Å²) in [7, 11) is 0. The Morgan fingerprint density at radius 2 is 2.10 bits per heavy atom. The summed E-state index contributed by atoms with van der Waals surface area (Å²) in [6.45, 7) is 0. The van der Waals surface area contributed by atoms with Crippen LogP contribution in [0.5, 0.6) is 0 Å². The molecule has 0 saturated heterocycles. The summed E-state index contributed by atoms with van der Waals surface area (Å²) >= 11 is 0. The van der Waals surface area contributed by atoms with Crippen molar-refractivity contribution in [3.05, 3.63) is 58.0 Å². The lowest BCUT2D eigenvalue weighted by Gasteiger charge is -2.05. The molecule has 2 aromatic rings. The topological polar surface area (TPSA) is 111 Å². The lowest BCUT2D eigenvalue weighted by Crippen LogP contribution is -2.14. The summed E-state index contributed by atoms with van der Waals surface area (Å²) < 4.78 is 13.6. The number of amides is 1. The number of anilines is 2. The average molecular weight is 276 g/mol. The molecule has 0 atom stereocenters. The Balaban J connectivity index is 2.21. The second-order valence-electron chi connectivity index (χ2n) is 3.85. The van der Waals surface area contributed by atoms with Crippen LogP contribution in [0.15, 0.2) is 36.5 Å². The standard InChI is InChI=1S/C12H9FN4O3/c13-10-5-8(17(19)20)2-3-9(10)12(18)16-7-1-4-11(14)15-6-7/h1-6H,(H2,14,15)(H,16,18). The Kier molecular flexibility index (Phi) is 3.56. The van der Waals surface area contributed by atoms with Crippen molar-refractivity contribution in [3.8, 4) is 0 Å². The zero-order chi connectivity index (χ0) is 14.7. The number of nitrogens with two attached hydrogens (primary N) is 1. The van der Waals surface area contributed by atoms with Gasteiger partial charge in [-0.05, 0) is 18.2 Å². The molecule has 0 spiro atoms. The maximum atomic E-state index is 13.6. The molecule has 1 amide bonds. The number of pyridine rings is 1. The summed E-state index contributed by atoms with van der Waals surface area (Å²) in [5.41, 5.74) is 5.00. The van der Waals surface area contributed by atoms with E-state index in [0.717, 1.165) is 12.1 Å². The Morgan fingerprint density at radius 1 is 1.35 bits per heavy atom. The Morgan fingerprint density at radius 3 is 2.65 bits per heavy atom. The van der Waals surface area contributed by atoms with Gasteiger partial charge in [-0.25, -0.2) is 9.37 Å². The second kappa shape index (κ2) is 5.31. The predicted octanol–water partition coefficient (Wildman–Crippen LogP) is 1.96. The molecule has 0 aliphatic carbocycles. The van der Waals surface area contributed by atoms with Gasteiger partial charge in [-0.2, -0.15) is 0 Å². The van der Waals surface area contributed by atoms with Crippen LogP contribution in [0.25, 0.3) is 0 Å². The van der Waals surface area contributed by atoms with Gasteiger partial charge in [-0.3, -0.25) is 14.9 Å². The molecule has 1 aromatic carbocycles. The number of nitrogens with zero attached hydrogens (tertiary/aromatic N) is 2. The molecule has 20 heavy (non-hydrogen) atoms. The van der Waals surface area contributed by atoms with E-state index in [1.165, 1.54) is 18.3 Å². The Bertz CT molecular complexity index is 673. The number of nitro groups is 1. The zero-order valence-electron chi connectivity index (χ0n) is 10.0. The minimum atomic E-state index is -0.972. The first-order valence-corrected chi connectivity index (χ1v) is 5.44. The molecule has 2 rings (SSSR count). The Labute approximate surface area is 112 Å². The number of non-ortho nitro benzene ring substituents is 1. The van der Waals surface area contributed by atoms with Gasteiger partial charge < -0.3 is 11.1 Å². The Hall–Kier alpha value is -3.03. The monoisotopic (exact) mass is 276 g/mol. The molecule has 3 N–H and O–H groups in total. The van der Waals surface area contributed by atoms with E-state index in [9.17, 15) is 19.3 Å². The summed E-state index contributed by atoms with van der Waals surface area (Å²) in [5.74, 6) is -1.42. The molecule has 0 bridgehead atoms. The fourth-order valence-electron chi connectivity index (χ4n) is 1.48. The quantitative estimate of drug-likeness (QED) is 0.657. The summed E-state index contributed by atoms with van der Waals surface area (Å²) in [6, 6.07) is 5.77. The van der Waals surface area contributed by atoms with Crippen LogP contribution >= 0.6 is 0 Å². The molecule has 0 aliphatic rings. The van der Waals surface area contributed by atoms with Crippen molar-refractivity contribution in [2.24, 2.45) is 0 Å². The van der Waals surface area contributed by atoms with E-state index in [2.05, 4.69) is 10.3 Å². The third-order valence-corrected chi connectivity index (χ3v) is 2.45. The fraction of sp³-hybridized carbons (Fsp3) is 0. The summed E-state index contributed by atoms with van der Waals surface area (Å²) in [5, 5.41) is 12.9. The second-order valence-corrected chi connectivity index (χ2v) is 3.85. The SMILES string of the molecule is Nc1ccc(NC(=O)c2ccc([N+](=O)[O-])cc2F)cn1. The smallest absolute Gasteiger partial charge is 0.272 e. The zero-order valence-corrected chi connectivity index (χ0v) is 10.0. The molecule has 102 valence electrons. The van der Waals surface area contributed by atoms with Crippen LogP contribution in [0.3, 0.4) is 0 Å². The number of benzene rings is 1. The minimum absolute atomic E-state index is 0.282. The summed E-state index contributed by atoms with van der Waals surface area (Å²) in [4.78, 5) is 25.3. The van der Waals surface area contributed by atoms with Gasteiger partial charge in [0.15, 0.2) is 0 Å². The fourth-order valence-corrected chi connectivity index (χ4v) is 1.48. The third kappa shape index (κ3) is 2.86. The maximum absolute atomic E-state index is 13.6. The number of hydrogen-bond donors (Lipinski definition) is 2. The molecule has 0 aliphatic heterocycles. The third-order valence-electron chi connectivity index (χ3n) is 2.45. The van der Waals surface area contributed by atoms with Crippen molar-refractivity contribution in [3.63, 3.8) is 0 Å². The molecule has 7 nitrogen and oxygen atoms in total. The van der Waals surface area contributed by atoms with Crippen molar-refractivity contribution in [2.75, 3.05) is 11.1 Å². The van der Waals surface area contributed by atoms with Gasteiger partial charge in [-0.15, -0.1) is 0 Å². The van der Waals surface area contributed by atoms with Crippen LogP contribution in [0, 0.1) is 15.9 Å². The lowest BCUT2D eigenvalue weighted by molar-refractivity contribution is -0.385. The number of carbonyl (C=O) groups excluding carboxylic acids is 1. The van der Waals surface area contributed by atoms with E-state index in [-0.39, 0.29) is 11.4 Å². The van der Waals surface area contributed by atoms with E-state index >= 15 is 0 Å². The molecule has 0 fully saturated rings. The number of nitrogens with one attached hydrogen (secondary N) is 1. The minimum Gasteiger partial charge on any atom is -0.384 e. The lowest BCUT2D eigenvalue weighted by atomic mass is 10.1. The van der Waals surface area contributed by atoms with Crippen molar-refractivity contribution >= 4 is 23.1 Å². The first kappa shape index (κ1) is 13.4. The van der Waals surface area contributed by atoms with Gasteiger partial charge in [0.1, 0.15) is 11.6 Å². The van der Waals surface area contributed by atoms with Gasteiger partial charge >= 0.3 is 0 Å². The van der Waals surface area contributed by atoms with Crippen LogP contribution in [0.4, 0.5) is 21.6 Å². The van der Waals surface area contributed by atoms with E-state index in [1.54, 1.807) is 0 Å². The van der Waals surface area contributed by atoms with Crippen LogP contribution < -0.4 is 11.1 Å². The molecule has 0 radical (unpaired) electrons. The number of halogens is 1. The van der Waals surface area contributed by atoms with Crippen molar-refractivity contribution in [1.82, 2.24) is 4.98 Å². The average Bonchev–Trinajstić information content (AvgIpc) is 2.41. The van der Waals surface area contributed by atoms with E-state index in [0.29, 0.717) is 11.8 Å². The number of hydrogen-bond acceptors (Lipinski definition) is 5.